The van der Waals surface area contributed by atoms with Gasteiger partial charge in [0.25, 0.3) is 6.43 Å². The van der Waals surface area contributed by atoms with E-state index in [9.17, 15) is 26.3 Å². The van der Waals surface area contributed by atoms with Crippen molar-refractivity contribution >= 4 is 11.6 Å². The van der Waals surface area contributed by atoms with E-state index in [2.05, 4.69) is 4.98 Å². The maximum absolute atomic E-state index is 12.8. The summed E-state index contributed by atoms with van der Waals surface area (Å²) in [5, 5.41) is -1.32. The Labute approximate surface area is 84.7 Å². The molecule has 0 aliphatic rings. The van der Waals surface area contributed by atoms with E-state index in [4.69, 9.17) is 11.6 Å². The zero-order valence-electron chi connectivity index (χ0n) is 6.75. The molecule has 0 aliphatic carbocycles. The number of nitrogens with zero attached hydrogens (tertiary/aromatic N) is 1. The molecule has 0 atom stereocenters. The standard InChI is InChI=1S/C7H2ClF6N/c8-5-4(7(12,13)14)2(9)1-3(15-5)6(10)11/h1,6H. The van der Waals surface area contributed by atoms with E-state index in [1.165, 1.54) is 0 Å². The molecular weight excluding hydrogens is 248 g/mol. The fourth-order valence-corrected chi connectivity index (χ4v) is 1.16. The second-order valence-corrected chi connectivity index (χ2v) is 2.85. The number of rotatable bonds is 1. The van der Waals surface area contributed by atoms with Crippen LogP contribution in [0.4, 0.5) is 26.3 Å². The van der Waals surface area contributed by atoms with E-state index in [-0.39, 0.29) is 6.07 Å². The minimum atomic E-state index is -5.06. The van der Waals surface area contributed by atoms with E-state index in [1.54, 1.807) is 0 Å². The molecule has 1 heterocycles. The van der Waals surface area contributed by atoms with Gasteiger partial charge in [-0.2, -0.15) is 13.2 Å². The number of alkyl halides is 5. The molecule has 0 saturated carbocycles. The molecule has 1 aromatic rings. The molecule has 0 saturated heterocycles. The van der Waals surface area contributed by atoms with Crippen LogP contribution in [-0.2, 0) is 6.18 Å². The first-order valence-electron chi connectivity index (χ1n) is 3.44. The third kappa shape index (κ3) is 2.53. The van der Waals surface area contributed by atoms with Gasteiger partial charge in [-0.15, -0.1) is 0 Å². The van der Waals surface area contributed by atoms with Crippen molar-refractivity contribution in [2.75, 3.05) is 0 Å². The summed E-state index contributed by atoms with van der Waals surface area (Å²) in [5.74, 6) is -1.86. The highest BCUT2D eigenvalue weighted by Gasteiger charge is 2.38. The van der Waals surface area contributed by atoms with Crippen LogP contribution in [0.1, 0.15) is 17.7 Å². The van der Waals surface area contributed by atoms with Crippen LogP contribution in [0.2, 0.25) is 5.15 Å². The SMILES string of the molecule is Fc1cc(C(F)F)nc(Cl)c1C(F)(F)F. The Kier molecular flexibility index (Phi) is 3.13. The Morgan fingerprint density at radius 2 is 1.80 bits per heavy atom. The van der Waals surface area contributed by atoms with Crippen molar-refractivity contribution in [1.82, 2.24) is 4.98 Å². The first kappa shape index (κ1) is 12.1. The van der Waals surface area contributed by atoms with E-state index in [0.717, 1.165) is 0 Å². The van der Waals surface area contributed by atoms with Gasteiger partial charge in [0.1, 0.15) is 22.2 Å². The monoisotopic (exact) mass is 249 g/mol. The van der Waals surface area contributed by atoms with Gasteiger partial charge in [0.2, 0.25) is 0 Å². The molecule has 8 heteroatoms. The third-order valence-electron chi connectivity index (χ3n) is 1.45. The summed E-state index contributed by atoms with van der Waals surface area (Å²) in [6.45, 7) is 0. The van der Waals surface area contributed by atoms with Crippen molar-refractivity contribution in [2.24, 2.45) is 0 Å². The number of halogens is 7. The van der Waals surface area contributed by atoms with E-state index < -0.39 is 34.8 Å². The Morgan fingerprint density at radius 1 is 1.27 bits per heavy atom. The fourth-order valence-electron chi connectivity index (χ4n) is 0.866. The number of pyridine rings is 1. The molecule has 84 valence electrons. The molecule has 0 bridgehead atoms. The molecule has 0 unspecified atom stereocenters. The summed E-state index contributed by atoms with van der Waals surface area (Å²) in [7, 11) is 0. The normalized spacial score (nSPS) is 12.3. The van der Waals surface area contributed by atoms with Gasteiger partial charge in [0.05, 0.1) is 0 Å². The van der Waals surface area contributed by atoms with Gasteiger partial charge < -0.3 is 0 Å². The number of aromatic nitrogens is 1. The van der Waals surface area contributed by atoms with Crippen LogP contribution in [-0.4, -0.2) is 4.98 Å². The highest BCUT2D eigenvalue weighted by atomic mass is 35.5. The van der Waals surface area contributed by atoms with Gasteiger partial charge in [0, 0.05) is 6.07 Å². The van der Waals surface area contributed by atoms with Gasteiger partial charge in [-0.25, -0.2) is 18.2 Å². The fraction of sp³-hybridized carbons (Fsp3) is 0.286. The van der Waals surface area contributed by atoms with E-state index in [1.807, 2.05) is 0 Å². The Balaban J connectivity index is 3.34. The largest absolute Gasteiger partial charge is 0.422 e. The van der Waals surface area contributed by atoms with Crippen LogP contribution < -0.4 is 0 Å². The Bertz CT molecular complexity index is 351. The summed E-state index contributed by atoms with van der Waals surface area (Å²) in [5.41, 5.74) is -2.97. The van der Waals surface area contributed by atoms with Crippen LogP contribution in [0.15, 0.2) is 6.07 Å². The molecule has 0 amide bonds. The maximum atomic E-state index is 12.8. The van der Waals surface area contributed by atoms with Gasteiger partial charge in [-0.3, -0.25) is 0 Å². The van der Waals surface area contributed by atoms with Gasteiger partial charge in [0.15, 0.2) is 0 Å². The zero-order chi connectivity index (χ0) is 11.8. The van der Waals surface area contributed by atoms with E-state index in [0.29, 0.717) is 0 Å². The zero-order valence-corrected chi connectivity index (χ0v) is 7.50. The third-order valence-corrected chi connectivity index (χ3v) is 1.73. The predicted molar refractivity (Wildman–Crippen MR) is 39.2 cm³/mol. The van der Waals surface area contributed by atoms with Gasteiger partial charge >= 0.3 is 6.18 Å². The van der Waals surface area contributed by atoms with Crippen molar-refractivity contribution in [3.63, 3.8) is 0 Å². The molecule has 1 rings (SSSR count). The molecule has 1 aromatic heterocycles. The molecular formula is C7H2ClF6N. The molecule has 0 radical (unpaired) electrons. The molecule has 0 aromatic carbocycles. The Hall–Kier alpha value is -0.980. The topological polar surface area (TPSA) is 12.9 Å². The van der Waals surface area contributed by atoms with Crippen molar-refractivity contribution in [2.45, 2.75) is 12.6 Å². The lowest BCUT2D eigenvalue weighted by Gasteiger charge is -2.10. The molecule has 0 N–H and O–H groups in total. The van der Waals surface area contributed by atoms with Crippen molar-refractivity contribution in [3.05, 3.63) is 28.3 Å². The van der Waals surface area contributed by atoms with Crippen LogP contribution in [0.5, 0.6) is 0 Å². The quantitative estimate of drug-likeness (QED) is 0.544. The lowest BCUT2D eigenvalue weighted by atomic mass is 10.2. The molecule has 0 aliphatic heterocycles. The van der Waals surface area contributed by atoms with Gasteiger partial charge in [-0.1, -0.05) is 11.6 Å². The summed E-state index contributed by atoms with van der Waals surface area (Å²) < 4.78 is 73.0. The summed E-state index contributed by atoms with van der Waals surface area (Å²) in [6, 6.07) is 0.0133. The molecule has 15 heavy (non-hydrogen) atoms. The lowest BCUT2D eigenvalue weighted by Crippen LogP contribution is -2.11. The van der Waals surface area contributed by atoms with Crippen molar-refractivity contribution < 1.29 is 26.3 Å². The summed E-state index contributed by atoms with van der Waals surface area (Å²) in [6.07, 6.45) is -8.24. The first-order valence-corrected chi connectivity index (χ1v) is 3.82. The second kappa shape index (κ2) is 3.88. The first-order chi connectivity index (χ1) is 6.73. The van der Waals surface area contributed by atoms with Crippen LogP contribution in [0, 0.1) is 5.82 Å². The second-order valence-electron chi connectivity index (χ2n) is 2.49. The average Bonchev–Trinajstić information content (AvgIpc) is 1.99. The average molecular weight is 250 g/mol. The number of hydrogen-bond donors (Lipinski definition) is 0. The molecule has 0 spiro atoms. The van der Waals surface area contributed by atoms with E-state index >= 15 is 0 Å². The predicted octanol–water partition coefficient (Wildman–Crippen LogP) is 3.83. The minimum absolute atomic E-state index is 0.0133. The van der Waals surface area contributed by atoms with Crippen LogP contribution in [0.3, 0.4) is 0 Å². The van der Waals surface area contributed by atoms with Crippen molar-refractivity contribution in [3.8, 4) is 0 Å². The van der Waals surface area contributed by atoms with Crippen LogP contribution in [0.25, 0.3) is 0 Å². The lowest BCUT2D eigenvalue weighted by molar-refractivity contribution is -0.140. The summed E-state index contributed by atoms with van der Waals surface area (Å²) in [4.78, 5) is 2.76. The smallest absolute Gasteiger partial charge is 0.234 e. The highest BCUT2D eigenvalue weighted by Crippen LogP contribution is 2.36. The summed E-state index contributed by atoms with van der Waals surface area (Å²) >= 11 is 4.96. The highest BCUT2D eigenvalue weighted by molar-refractivity contribution is 6.30. The molecule has 0 fully saturated rings. The van der Waals surface area contributed by atoms with Crippen molar-refractivity contribution in [1.29, 1.82) is 0 Å². The minimum Gasteiger partial charge on any atom is -0.234 e. The van der Waals surface area contributed by atoms with Gasteiger partial charge in [-0.05, 0) is 0 Å². The van der Waals surface area contributed by atoms with Crippen LogP contribution >= 0.6 is 11.6 Å². The molecule has 1 nitrogen and oxygen atoms in total. The Morgan fingerprint density at radius 3 is 2.13 bits per heavy atom. The maximum Gasteiger partial charge on any atom is 0.422 e. The number of hydrogen-bond acceptors (Lipinski definition) is 1.